The topological polar surface area (TPSA) is 21.3 Å². The Morgan fingerprint density at radius 2 is 1.90 bits per heavy atom. The second-order valence-electron chi connectivity index (χ2n) is 4.71. The van der Waals surface area contributed by atoms with Crippen LogP contribution in [0.4, 0.5) is 0 Å². The van der Waals surface area contributed by atoms with Crippen LogP contribution in [0.25, 0.3) is 0 Å². The Hall–Kier alpha value is -0.550. The summed E-state index contributed by atoms with van der Waals surface area (Å²) in [6.07, 6.45) is 0. The average molecular weight is 434 g/mol. The summed E-state index contributed by atoms with van der Waals surface area (Å²) in [5.41, 5.74) is 3.32. The van der Waals surface area contributed by atoms with E-state index in [-0.39, 0.29) is 6.04 Å². The lowest BCUT2D eigenvalue weighted by atomic mass is 9.96. The van der Waals surface area contributed by atoms with Crippen LogP contribution in [0.15, 0.2) is 39.3 Å². The average Bonchev–Trinajstić information content (AvgIpc) is 2.44. The molecule has 112 valence electrons. The summed E-state index contributed by atoms with van der Waals surface area (Å²) in [6, 6.07) is 9.96. The molecule has 5 heteroatoms. The second-order valence-corrected chi connectivity index (χ2v) is 6.79. The van der Waals surface area contributed by atoms with E-state index in [4.69, 9.17) is 16.3 Å². The lowest BCUT2D eigenvalue weighted by Crippen LogP contribution is -2.19. The predicted molar refractivity (Wildman–Crippen MR) is 95.5 cm³/mol. The third kappa shape index (κ3) is 3.45. The molecule has 0 aromatic heterocycles. The van der Waals surface area contributed by atoms with E-state index < -0.39 is 0 Å². The molecule has 0 spiro atoms. The highest BCUT2D eigenvalue weighted by molar-refractivity contribution is 9.10. The lowest BCUT2D eigenvalue weighted by Gasteiger charge is -2.23. The van der Waals surface area contributed by atoms with Crippen molar-refractivity contribution in [1.29, 1.82) is 0 Å². The molecule has 0 amide bonds. The van der Waals surface area contributed by atoms with Gasteiger partial charge in [-0.1, -0.05) is 45.7 Å². The highest BCUT2D eigenvalue weighted by Gasteiger charge is 2.21. The molecule has 2 nitrogen and oxygen atoms in total. The summed E-state index contributed by atoms with van der Waals surface area (Å²) >= 11 is 13.4. The molecule has 0 saturated carbocycles. The van der Waals surface area contributed by atoms with Gasteiger partial charge in [0.2, 0.25) is 0 Å². The number of methoxy groups -OCH3 is 1. The molecule has 0 bridgehead atoms. The van der Waals surface area contributed by atoms with Crippen LogP contribution >= 0.6 is 43.5 Å². The minimum absolute atomic E-state index is 0.0239. The van der Waals surface area contributed by atoms with Gasteiger partial charge >= 0.3 is 0 Å². The van der Waals surface area contributed by atoms with Gasteiger partial charge in [0.15, 0.2) is 0 Å². The van der Waals surface area contributed by atoms with E-state index in [1.807, 2.05) is 25.2 Å². The third-order valence-electron chi connectivity index (χ3n) is 3.37. The Bertz CT molecular complexity index is 661. The minimum Gasteiger partial charge on any atom is -0.495 e. The van der Waals surface area contributed by atoms with E-state index in [9.17, 15) is 0 Å². The number of rotatable bonds is 4. The first-order valence-corrected chi connectivity index (χ1v) is 8.41. The molecule has 2 aromatic rings. The van der Waals surface area contributed by atoms with Crippen LogP contribution in [0, 0.1) is 6.92 Å². The number of benzene rings is 2. The molecule has 0 aliphatic carbocycles. The van der Waals surface area contributed by atoms with E-state index in [2.05, 4.69) is 56.2 Å². The van der Waals surface area contributed by atoms with Crippen molar-refractivity contribution in [1.82, 2.24) is 5.32 Å². The Kier molecular flexibility index (Phi) is 5.72. The highest BCUT2D eigenvalue weighted by atomic mass is 79.9. The van der Waals surface area contributed by atoms with Gasteiger partial charge in [0.25, 0.3) is 0 Å². The van der Waals surface area contributed by atoms with Gasteiger partial charge in [-0.3, -0.25) is 0 Å². The van der Waals surface area contributed by atoms with E-state index in [0.717, 1.165) is 25.8 Å². The smallest absolute Gasteiger partial charge is 0.138 e. The molecule has 1 atom stereocenters. The van der Waals surface area contributed by atoms with Crippen molar-refractivity contribution in [3.05, 3.63) is 61.0 Å². The first-order chi connectivity index (χ1) is 9.99. The number of nitrogens with one attached hydrogen (secondary N) is 1. The molecular weight excluding hydrogens is 417 g/mol. The van der Waals surface area contributed by atoms with Crippen molar-refractivity contribution < 1.29 is 4.74 Å². The Morgan fingerprint density at radius 1 is 1.19 bits per heavy atom. The van der Waals surface area contributed by atoms with Gasteiger partial charge in [-0.05, 0) is 53.2 Å². The maximum absolute atomic E-state index is 6.21. The van der Waals surface area contributed by atoms with E-state index >= 15 is 0 Å². The summed E-state index contributed by atoms with van der Waals surface area (Å²) in [4.78, 5) is 0. The van der Waals surface area contributed by atoms with E-state index in [1.54, 1.807) is 7.11 Å². The van der Waals surface area contributed by atoms with Crippen LogP contribution in [0.3, 0.4) is 0 Å². The molecular formula is C16H16Br2ClNO. The van der Waals surface area contributed by atoms with Gasteiger partial charge in [-0.2, -0.15) is 0 Å². The second kappa shape index (κ2) is 7.14. The summed E-state index contributed by atoms with van der Waals surface area (Å²) in [5, 5.41) is 4.01. The molecule has 2 aromatic carbocycles. The Labute approximate surface area is 147 Å². The number of aryl methyl sites for hydroxylation is 1. The lowest BCUT2D eigenvalue weighted by molar-refractivity contribution is 0.402. The highest BCUT2D eigenvalue weighted by Crippen LogP contribution is 2.40. The van der Waals surface area contributed by atoms with Crippen LogP contribution in [0.1, 0.15) is 22.7 Å². The molecule has 1 N–H and O–H groups in total. The molecule has 0 aliphatic heterocycles. The minimum atomic E-state index is -0.0239. The monoisotopic (exact) mass is 431 g/mol. The zero-order valence-electron chi connectivity index (χ0n) is 12.0. The normalized spacial score (nSPS) is 12.3. The fourth-order valence-corrected chi connectivity index (χ4v) is 3.87. The SMILES string of the molecule is CNC(c1cccc(C)c1Br)c1cc(Cl)cc(Br)c1OC. The zero-order valence-corrected chi connectivity index (χ0v) is 15.9. The Balaban J connectivity index is 2.64. The fourth-order valence-electron chi connectivity index (χ4n) is 2.38. The maximum Gasteiger partial charge on any atom is 0.138 e. The van der Waals surface area contributed by atoms with Crippen molar-refractivity contribution >= 4 is 43.5 Å². The van der Waals surface area contributed by atoms with E-state index in [1.165, 1.54) is 5.56 Å². The summed E-state index contributed by atoms with van der Waals surface area (Å²) in [7, 11) is 3.59. The van der Waals surface area contributed by atoms with Crippen LogP contribution < -0.4 is 10.1 Å². The van der Waals surface area contributed by atoms with Gasteiger partial charge in [0.05, 0.1) is 17.6 Å². The van der Waals surface area contributed by atoms with Gasteiger partial charge in [0, 0.05) is 15.1 Å². The van der Waals surface area contributed by atoms with Crippen LogP contribution in [-0.2, 0) is 0 Å². The maximum atomic E-state index is 6.21. The first kappa shape index (κ1) is 16.8. The van der Waals surface area contributed by atoms with Crippen molar-refractivity contribution in [3.8, 4) is 5.75 Å². The number of hydrogen-bond donors (Lipinski definition) is 1. The van der Waals surface area contributed by atoms with Gasteiger partial charge < -0.3 is 10.1 Å². The number of ether oxygens (including phenoxy) is 1. The molecule has 0 aliphatic rings. The van der Waals surface area contributed by atoms with Crippen LogP contribution in [0.5, 0.6) is 5.75 Å². The number of hydrogen-bond acceptors (Lipinski definition) is 2. The molecule has 0 heterocycles. The zero-order chi connectivity index (χ0) is 15.6. The van der Waals surface area contributed by atoms with Crippen molar-refractivity contribution in [2.75, 3.05) is 14.2 Å². The quantitative estimate of drug-likeness (QED) is 0.688. The molecule has 21 heavy (non-hydrogen) atoms. The van der Waals surface area contributed by atoms with Crippen LogP contribution in [-0.4, -0.2) is 14.2 Å². The third-order valence-corrected chi connectivity index (χ3v) is 5.26. The van der Waals surface area contributed by atoms with Gasteiger partial charge in [0.1, 0.15) is 5.75 Å². The summed E-state index contributed by atoms with van der Waals surface area (Å²) < 4.78 is 7.47. The van der Waals surface area contributed by atoms with Gasteiger partial charge in [-0.25, -0.2) is 0 Å². The van der Waals surface area contributed by atoms with Gasteiger partial charge in [-0.15, -0.1) is 0 Å². The summed E-state index contributed by atoms with van der Waals surface area (Å²) in [6.45, 7) is 2.07. The standard InChI is InChI=1S/C16H16Br2ClNO/c1-9-5-4-6-11(14(9)18)15(20-2)12-7-10(19)8-13(17)16(12)21-3/h4-8,15,20H,1-3H3. The molecule has 1 unspecified atom stereocenters. The van der Waals surface area contributed by atoms with Crippen molar-refractivity contribution in [3.63, 3.8) is 0 Å². The van der Waals surface area contributed by atoms with Crippen molar-refractivity contribution in [2.24, 2.45) is 0 Å². The molecule has 0 radical (unpaired) electrons. The molecule has 0 saturated heterocycles. The Morgan fingerprint density at radius 3 is 2.52 bits per heavy atom. The molecule has 2 rings (SSSR count). The summed E-state index contributed by atoms with van der Waals surface area (Å²) in [5.74, 6) is 0.784. The van der Waals surface area contributed by atoms with E-state index in [0.29, 0.717) is 5.02 Å². The first-order valence-electron chi connectivity index (χ1n) is 6.44. The van der Waals surface area contributed by atoms with Crippen molar-refractivity contribution in [2.45, 2.75) is 13.0 Å². The van der Waals surface area contributed by atoms with Crippen LogP contribution in [0.2, 0.25) is 5.02 Å². The largest absolute Gasteiger partial charge is 0.495 e. The predicted octanol–water partition coefficient (Wildman–Crippen LogP) is 5.49. The fraction of sp³-hybridized carbons (Fsp3) is 0.250. The molecule has 0 fully saturated rings. The number of halogens is 3.